The minimum atomic E-state index is -1.11. The van der Waals surface area contributed by atoms with E-state index in [0.29, 0.717) is 11.8 Å². The van der Waals surface area contributed by atoms with Crippen molar-refractivity contribution >= 4 is 11.9 Å². The Morgan fingerprint density at radius 2 is 1.94 bits per heavy atom. The number of carbonyl (C=O) groups excluding carboxylic acids is 1. The second-order valence-corrected chi connectivity index (χ2v) is 6.17. The number of carbonyl (C=O) groups is 2. The van der Waals surface area contributed by atoms with Gasteiger partial charge in [-0.25, -0.2) is 0 Å². The summed E-state index contributed by atoms with van der Waals surface area (Å²) in [5.41, 5.74) is -0.413. The zero-order chi connectivity index (χ0) is 13.5. The average molecular weight is 254 g/mol. The number of fused-ring (bicyclic) bond motifs is 2. The molecule has 0 amide bonds. The van der Waals surface area contributed by atoms with Gasteiger partial charge in [0.2, 0.25) is 0 Å². The van der Waals surface area contributed by atoms with Gasteiger partial charge in [0.1, 0.15) is 5.60 Å². The second-order valence-electron chi connectivity index (χ2n) is 6.17. The molecule has 0 aliphatic heterocycles. The summed E-state index contributed by atoms with van der Waals surface area (Å²) in [6.45, 7) is 5.53. The Kier molecular flexibility index (Phi) is 3.39. The highest BCUT2D eigenvalue weighted by Gasteiger charge is 2.55. The van der Waals surface area contributed by atoms with Gasteiger partial charge < -0.3 is 9.84 Å². The van der Waals surface area contributed by atoms with Gasteiger partial charge in [-0.05, 0) is 50.4 Å². The quantitative estimate of drug-likeness (QED) is 0.618. The number of carboxylic acid groups (broad SMARTS) is 1. The number of rotatable bonds is 4. The Morgan fingerprint density at radius 3 is 2.33 bits per heavy atom. The number of ether oxygens (including phenoxy) is 1. The SMILES string of the molecule is CC(C(=O)O)C(=O)OC1(C(C)C)CC2CCC1C2. The first-order valence-electron chi connectivity index (χ1n) is 6.82. The lowest BCUT2D eigenvalue weighted by molar-refractivity contribution is -0.180. The van der Waals surface area contributed by atoms with Gasteiger partial charge in [-0.1, -0.05) is 13.8 Å². The lowest BCUT2D eigenvalue weighted by Gasteiger charge is -2.41. The van der Waals surface area contributed by atoms with Gasteiger partial charge in [0.05, 0.1) is 0 Å². The normalized spacial score (nSPS) is 35.8. The molecule has 2 saturated carbocycles. The first-order valence-corrected chi connectivity index (χ1v) is 6.82. The Morgan fingerprint density at radius 1 is 1.28 bits per heavy atom. The van der Waals surface area contributed by atoms with E-state index in [9.17, 15) is 9.59 Å². The van der Waals surface area contributed by atoms with E-state index in [4.69, 9.17) is 9.84 Å². The third kappa shape index (κ3) is 2.02. The van der Waals surface area contributed by atoms with Crippen LogP contribution in [-0.2, 0) is 14.3 Å². The van der Waals surface area contributed by atoms with Crippen LogP contribution in [0.15, 0.2) is 0 Å². The Balaban J connectivity index is 2.13. The van der Waals surface area contributed by atoms with E-state index in [1.807, 2.05) is 0 Å². The van der Waals surface area contributed by atoms with Crippen LogP contribution in [0.25, 0.3) is 0 Å². The topological polar surface area (TPSA) is 63.6 Å². The van der Waals surface area contributed by atoms with E-state index >= 15 is 0 Å². The zero-order valence-corrected chi connectivity index (χ0v) is 11.3. The van der Waals surface area contributed by atoms with Crippen LogP contribution in [0, 0.1) is 23.7 Å². The molecule has 0 saturated heterocycles. The van der Waals surface area contributed by atoms with E-state index in [-0.39, 0.29) is 5.92 Å². The van der Waals surface area contributed by atoms with Crippen LogP contribution in [0.4, 0.5) is 0 Å². The lowest BCUT2D eigenvalue weighted by Crippen LogP contribution is -2.46. The molecular formula is C14H22O4. The minimum absolute atomic E-state index is 0.248. The molecule has 0 aromatic rings. The van der Waals surface area contributed by atoms with Crippen molar-refractivity contribution in [3.63, 3.8) is 0 Å². The number of aliphatic carboxylic acids is 1. The van der Waals surface area contributed by atoms with Gasteiger partial charge in [-0.15, -0.1) is 0 Å². The monoisotopic (exact) mass is 254 g/mol. The summed E-state index contributed by atoms with van der Waals surface area (Å²) < 4.78 is 5.70. The second kappa shape index (κ2) is 4.56. The number of carboxylic acids is 1. The van der Waals surface area contributed by atoms with Gasteiger partial charge in [0.25, 0.3) is 0 Å². The van der Waals surface area contributed by atoms with Crippen molar-refractivity contribution < 1.29 is 19.4 Å². The third-order valence-corrected chi connectivity index (χ3v) is 4.83. The molecule has 0 aromatic heterocycles. The molecule has 102 valence electrons. The van der Waals surface area contributed by atoms with Gasteiger partial charge in [0, 0.05) is 0 Å². The molecule has 0 radical (unpaired) electrons. The molecule has 4 nitrogen and oxygen atoms in total. The molecule has 2 bridgehead atoms. The fraction of sp³-hybridized carbons (Fsp3) is 0.857. The smallest absolute Gasteiger partial charge is 0.320 e. The molecule has 4 unspecified atom stereocenters. The van der Waals surface area contributed by atoms with Crippen LogP contribution in [0.5, 0.6) is 0 Å². The van der Waals surface area contributed by atoms with Crippen LogP contribution >= 0.6 is 0 Å². The van der Waals surface area contributed by atoms with Crippen molar-refractivity contribution in [1.82, 2.24) is 0 Å². The number of esters is 1. The molecule has 0 aromatic carbocycles. The van der Waals surface area contributed by atoms with Crippen LogP contribution in [0.3, 0.4) is 0 Å². The molecule has 0 spiro atoms. The largest absolute Gasteiger partial charge is 0.481 e. The molecule has 0 heterocycles. The van der Waals surface area contributed by atoms with E-state index in [1.165, 1.54) is 13.3 Å². The van der Waals surface area contributed by atoms with Gasteiger partial charge >= 0.3 is 11.9 Å². The van der Waals surface area contributed by atoms with E-state index < -0.39 is 23.5 Å². The van der Waals surface area contributed by atoms with Crippen LogP contribution in [0.1, 0.15) is 46.5 Å². The highest BCUT2D eigenvalue weighted by molar-refractivity contribution is 5.93. The van der Waals surface area contributed by atoms with E-state index in [2.05, 4.69) is 13.8 Å². The van der Waals surface area contributed by atoms with Crippen molar-refractivity contribution in [3.05, 3.63) is 0 Å². The summed E-state index contributed by atoms with van der Waals surface area (Å²) >= 11 is 0. The first kappa shape index (κ1) is 13.4. The van der Waals surface area contributed by atoms with Crippen LogP contribution < -0.4 is 0 Å². The van der Waals surface area contributed by atoms with Crippen molar-refractivity contribution in [2.45, 2.75) is 52.1 Å². The Bertz CT molecular complexity index is 363. The van der Waals surface area contributed by atoms with Crippen LogP contribution in [0.2, 0.25) is 0 Å². The van der Waals surface area contributed by atoms with Gasteiger partial charge in [-0.3, -0.25) is 9.59 Å². The molecule has 2 fully saturated rings. The molecule has 4 atom stereocenters. The third-order valence-electron chi connectivity index (χ3n) is 4.83. The Hall–Kier alpha value is -1.06. The van der Waals surface area contributed by atoms with Crippen LogP contribution in [-0.4, -0.2) is 22.6 Å². The number of hydrogen-bond acceptors (Lipinski definition) is 3. The molecule has 4 heteroatoms. The highest BCUT2D eigenvalue weighted by Crippen LogP contribution is 2.55. The fourth-order valence-electron chi connectivity index (χ4n) is 3.65. The van der Waals surface area contributed by atoms with Crippen molar-refractivity contribution in [3.8, 4) is 0 Å². The van der Waals surface area contributed by atoms with E-state index in [1.54, 1.807) is 0 Å². The molecule has 2 aliphatic carbocycles. The maximum absolute atomic E-state index is 11.9. The predicted octanol–water partition coefficient (Wildman–Crippen LogP) is 2.47. The van der Waals surface area contributed by atoms with Crippen molar-refractivity contribution in [2.75, 3.05) is 0 Å². The molecule has 2 aliphatic rings. The summed E-state index contributed by atoms with van der Waals surface area (Å²) in [5.74, 6) is -1.43. The minimum Gasteiger partial charge on any atom is -0.481 e. The molecule has 1 N–H and O–H groups in total. The van der Waals surface area contributed by atoms with Gasteiger partial charge in [0.15, 0.2) is 5.92 Å². The maximum Gasteiger partial charge on any atom is 0.320 e. The average Bonchev–Trinajstić information content (AvgIpc) is 2.88. The first-order chi connectivity index (χ1) is 8.36. The highest BCUT2D eigenvalue weighted by atomic mass is 16.6. The number of hydrogen-bond donors (Lipinski definition) is 1. The van der Waals surface area contributed by atoms with Gasteiger partial charge in [-0.2, -0.15) is 0 Å². The maximum atomic E-state index is 11.9. The Labute approximate surface area is 108 Å². The summed E-state index contributed by atoms with van der Waals surface area (Å²) in [6, 6.07) is 0. The molecular weight excluding hydrogens is 232 g/mol. The molecule has 18 heavy (non-hydrogen) atoms. The predicted molar refractivity (Wildman–Crippen MR) is 65.9 cm³/mol. The summed E-state index contributed by atoms with van der Waals surface area (Å²) in [5, 5.41) is 8.88. The lowest BCUT2D eigenvalue weighted by atomic mass is 9.76. The zero-order valence-electron chi connectivity index (χ0n) is 11.3. The summed E-state index contributed by atoms with van der Waals surface area (Å²) in [6.07, 6.45) is 4.38. The van der Waals surface area contributed by atoms with Crippen molar-refractivity contribution in [2.24, 2.45) is 23.7 Å². The van der Waals surface area contributed by atoms with Crippen molar-refractivity contribution in [1.29, 1.82) is 0 Å². The summed E-state index contributed by atoms with van der Waals surface area (Å²) in [4.78, 5) is 22.8. The van der Waals surface area contributed by atoms with E-state index in [0.717, 1.165) is 19.3 Å². The standard InChI is InChI=1S/C14H22O4/c1-8(2)14(7-10-4-5-11(14)6-10)18-13(17)9(3)12(15)16/h8-11H,4-7H2,1-3H3,(H,15,16). The summed E-state index contributed by atoms with van der Waals surface area (Å²) in [7, 11) is 0. The molecule has 2 rings (SSSR count). The fourth-order valence-corrected chi connectivity index (χ4v) is 3.65.